The number of thiophene rings is 1. The highest BCUT2D eigenvalue weighted by Gasteiger charge is 2.22. The molecule has 0 atom stereocenters. The van der Waals surface area contributed by atoms with E-state index in [0.717, 1.165) is 22.9 Å². The third-order valence-electron chi connectivity index (χ3n) is 3.55. The second-order valence-corrected chi connectivity index (χ2v) is 6.81. The fourth-order valence-electron chi connectivity index (χ4n) is 2.53. The van der Waals surface area contributed by atoms with Crippen LogP contribution in [0.15, 0.2) is 4.90 Å². The van der Waals surface area contributed by atoms with E-state index >= 15 is 0 Å². The molecule has 0 bridgehead atoms. The molecule has 0 aromatic carbocycles. The zero-order chi connectivity index (χ0) is 13.8. The number of carbonyl (C=O) groups is 1. The molecule has 1 saturated heterocycles. The molecule has 19 heavy (non-hydrogen) atoms. The molecule has 0 unspecified atom stereocenters. The van der Waals surface area contributed by atoms with Crippen LogP contribution in [0.25, 0.3) is 0 Å². The summed E-state index contributed by atoms with van der Waals surface area (Å²) in [4.78, 5) is 15.9. The Labute approximate surface area is 123 Å². The summed E-state index contributed by atoms with van der Waals surface area (Å²) < 4.78 is 0. The Balaban J connectivity index is 2.31. The minimum atomic E-state index is 0.0797. The van der Waals surface area contributed by atoms with Gasteiger partial charge in [-0.3, -0.25) is 4.79 Å². The third-order valence-corrected chi connectivity index (χ3v) is 5.87. The molecule has 2 N–H and O–H groups in total. The molecular formula is C14H22N2OS2. The van der Waals surface area contributed by atoms with E-state index in [1.807, 2.05) is 6.26 Å². The smallest absolute Gasteiger partial charge is 0.171 e. The van der Waals surface area contributed by atoms with E-state index < -0.39 is 0 Å². The monoisotopic (exact) mass is 298 g/mol. The van der Waals surface area contributed by atoms with Crippen LogP contribution in [0.1, 0.15) is 48.7 Å². The highest BCUT2D eigenvalue weighted by Crippen LogP contribution is 2.44. The number of thioether (sulfide) groups is 1. The van der Waals surface area contributed by atoms with E-state index in [2.05, 4.69) is 4.90 Å². The first-order chi connectivity index (χ1) is 9.15. The van der Waals surface area contributed by atoms with Crippen LogP contribution in [-0.2, 0) is 0 Å². The number of anilines is 2. The number of nitrogen functional groups attached to an aromatic ring is 1. The van der Waals surface area contributed by atoms with Gasteiger partial charge in [-0.15, -0.1) is 23.1 Å². The summed E-state index contributed by atoms with van der Waals surface area (Å²) in [5.74, 6) is 0.0797. The maximum absolute atomic E-state index is 11.7. The second kappa shape index (κ2) is 6.66. The van der Waals surface area contributed by atoms with Gasteiger partial charge in [-0.05, 0) is 19.1 Å². The average Bonchev–Trinajstić information content (AvgIpc) is 2.66. The Hall–Kier alpha value is -0.680. The lowest BCUT2D eigenvalue weighted by molar-refractivity contribution is 0.102. The summed E-state index contributed by atoms with van der Waals surface area (Å²) >= 11 is 3.23. The third kappa shape index (κ3) is 3.26. The predicted octanol–water partition coefficient (Wildman–Crippen LogP) is 4.03. The van der Waals surface area contributed by atoms with E-state index in [0.29, 0.717) is 5.69 Å². The lowest BCUT2D eigenvalue weighted by Crippen LogP contribution is -2.26. The zero-order valence-electron chi connectivity index (χ0n) is 11.7. The SMILES string of the molecule is CSc1c(N2CCCCCCC2)sc(C(C)=O)c1N. The maximum atomic E-state index is 11.7. The summed E-state index contributed by atoms with van der Waals surface area (Å²) in [6.07, 6.45) is 8.49. The van der Waals surface area contributed by atoms with Crippen molar-refractivity contribution in [3.8, 4) is 0 Å². The fourth-order valence-corrected chi connectivity index (χ4v) is 4.66. The molecule has 5 heteroatoms. The van der Waals surface area contributed by atoms with Crippen LogP contribution >= 0.6 is 23.1 Å². The number of Topliss-reactive ketones (excluding diaryl/α,β-unsaturated/α-hetero) is 1. The Morgan fingerprint density at radius 2 is 1.79 bits per heavy atom. The van der Waals surface area contributed by atoms with Crippen LogP contribution in [0, 0.1) is 0 Å². The standard InChI is InChI=1S/C14H22N2OS2/c1-10(17)12-11(15)13(18-2)14(19-12)16-8-6-4-3-5-7-9-16/h3-9,15H2,1-2H3. The van der Waals surface area contributed by atoms with Gasteiger partial charge in [-0.1, -0.05) is 19.3 Å². The van der Waals surface area contributed by atoms with Gasteiger partial charge in [0.05, 0.1) is 15.5 Å². The number of rotatable bonds is 3. The van der Waals surface area contributed by atoms with Gasteiger partial charge in [0.1, 0.15) is 5.00 Å². The maximum Gasteiger partial charge on any atom is 0.171 e. The summed E-state index contributed by atoms with van der Waals surface area (Å²) in [6, 6.07) is 0. The molecule has 1 aliphatic rings. The molecule has 1 aromatic rings. The molecule has 106 valence electrons. The van der Waals surface area contributed by atoms with Crippen LogP contribution in [0.4, 0.5) is 10.7 Å². The number of hydrogen-bond acceptors (Lipinski definition) is 5. The van der Waals surface area contributed by atoms with Crippen molar-refractivity contribution in [1.82, 2.24) is 0 Å². The molecule has 0 spiro atoms. The molecule has 2 heterocycles. The molecule has 0 aliphatic carbocycles. The summed E-state index contributed by atoms with van der Waals surface area (Å²) in [7, 11) is 0. The average molecular weight is 298 g/mol. The molecule has 0 saturated carbocycles. The quantitative estimate of drug-likeness (QED) is 0.676. The molecule has 1 aliphatic heterocycles. The lowest BCUT2D eigenvalue weighted by atomic mass is 10.1. The van der Waals surface area contributed by atoms with Crippen LogP contribution in [0.3, 0.4) is 0 Å². The Kier molecular flexibility index (Phi) is 5.16. The Morgan fingerprint density at radius 3 is 2.32 bits per heavy atom. The van der Waals surface area contributed by atoms with Crippen LogP contribution in [0.5, 0.6) is 0 Å². The first-order valence-electron chi connectivity index (χ1n) is 6.87. The predicted molar refractivity (Wildman–Crippen MR) is 85.8 cm³/mol. The van der Waals surface area contributed by atoms with Gasteiger partial charge in [0.15, 0.2) is 5.78 Å². The van der Waals surface area contributed by atoms with Gasteiger partial charge in [0.25, 0.3) is 0 Å². The Morgan fingerprint density at radius 1 is 1.21 bits per heavy atom. The van der Waals surface area contributed by atoms with Gasteiger partial charge in [0, 0.05) is 20.0 Å². The van der Waals surface area contributed by atoms with Crippen molar-refractivity contribution in [3.63, 3.8) is 0 Å². The molecule has 2 rings (SSSR count). The van der Waals surface area contributed by atoms with Gasteiger partial charge in [-0.25, -0.2) is 0 Å². The Bertz CT molecular complexity index is 449. The first kappa shape index (κ1) is 14.7. The van der Waals surface area contributed by atoms with E-state index in [1.54, 1.807) is 30.0 Å². The molecule has 0 radical (unpaired) electrons. The van der Waals surface area contributed by atoms with Crippen molar-refractivity contribution < 1.29 is 4.79 Å². The molecule has 1 fully saturated rings. The highest BCUT2D eigenvalue weighted by atomic mass is 32.2. The largest absolute Gasteiger partial charge is 0.396 e. The number of nitrogens with zero attached hydrogens (tertiary/aromatic N) is 1. The summed E-state index contributed by atoms with van der Waals surface area (Å²) in [5.41, 5.74) is 6.82. The topological polar surface area (TPSA) is 46.3 Å². The van der Waals surface area contributed by atoms with Crippen LogP contribution in [0.2, 0.25) is 0 Å². The molecule has 3 nitrogen and oxygen atoms in total. The number of hydrogen-bond donors (Lipinski definition) is 1. The van der Waals surface area contributed by atoms with Crippen molar-refractivity contribution in [3.05, 3.63) is 4.88 Å². The molecule has 0 amide bonds. The van der Waals surface area contributed by atoms with Gasteiger partial charge >= 0.3 is 0 Å². The second-order valence-electron chi connectivity index (χ2n) is 4.99. The van der Waals surface area contributed by atoms with Crippen molar-refractivity contribution >= 4 is 39.6 Å². The van der Waals surface area contributed by atoms with Crippen molar-refractivity contribution in [2.75, 3.05) is 30.0 Å². The molecular weight excluding hydrogens is 276 g/mol. The summed E-state index contributed by atoms with van der Waals surface area (Å²) in [6.45, 7) is 3.78. The van der Waals surface area contributed by atoms with E-state index in [-0.39, 0.29) is 5.78 Å². The normalized spacial score (nSPS) is 17.1. The molecule has 1 aromatic heterocycles. The van der Waals surface area contributed by atoms with Gasteiger partial charge in [-0.2, -0.15) is 0 Å². The number of nitrogens with two attached hydrogens (primary N) is 1. The van der Waals surface area contributed by atoms with Crippen molar-refractivity contribution in [2.24, 2.45) is 0 Å². The van der Waals surface area contributed by atoms with E-state index in [9.17, 15) is 4.79 Å². The van der Waals surface area contributed by atoms with Crippen molar-refractivity contribution in [2.45, 2.75) is 43.9 Å². The minimum absolute atomic E-state index is 0.0797. The first-order valence-corrected chi connectivity index (χ1v) is 8.91. The van der Waals surface area contributed by atoms with E-state index in [4.69, 9.17) is 5.73 Å². The highest BCUT2D eigenvalue weighted by molar-refractivity contribution is 7.99. The van der Waals surface area contributed by atoms with Gasteiger partial charge < -0.3 is 10.6 Å². The lowest BCUT2D eigenvalue weighted by Gasteiger charge is -2.26. The minimum Gasteiger partial charge on any atom is -0.396 e. The van der Waals surface area contributed by atoms with Crippen molar-refractivity contribution in [1.29, 1.82) is 0 Å². The number of carbonyl (C=O) groups excluding carboxylic acids is 1. The van der Waals surface area contributed by atoms with Crippen LogP contribution < -0.4 is 10.6 Å². The fraction of sp³-hybridized carbons (Fsp3) is 0.643. The van der Waals surface area contributed by atoms with Crippen LogP contribution in [-0.4, -0.2) is 25.1 Å². The zero-order valence-corrected chi connectivity index (χ0v) is 13.3. The van der Waals surface area contributed by atoms with Gasteiger partial charge in [0.2, 0.25) is 0 Å². The summed E-state index contributed by atoms with van der Waals surface area (Å²) in [5, 5.41) is 1.21. The number of ketones is 1. The van der Waals surface area contributed by atoms with E-state index in [1.165, 1.54) is 37.1 Å².